The topological polar surface area (TPSA) is 41.6 Å². The van der Waals surface area contributed by atoms with E-state index in [4.69, 9.17) is 4.84 Å². The van der Waals surface area contributed by atoms with E-state index in [9.17, 15) is 4.79 Å². The van der Waals surface area contributed by atoms with E-state index >= 15 is 0 Å². The van der Waals surface area contributed by atoms with Gasteiger partial charge in [0.15, 0.2) is 0 Å². The van der Waals surface area contributed by atoms with Gasteiger partial charge in [-0.05, 0) is 50.2 Å². The highest BCUT2D eigenvalue weighted by atomic mass is 16.7. The van der Waals surface area contributed by atoms with Crippen LogP contribution in [0.2, 0.25) is 0 Å². The summed E-state index contributed by atoms with van der Waals surface area (Å²) in [6.07, 6.45) is 2.83. The van der Waals surface area contributed by atoms with Crippen LogP contribution in [-0.2, 0) is 16.2 Å². The second-order valence-corrected chi connectivity index (χ2v) is 7.95. The average Bonchev–Trinajstić information content (AvgIpc) is 3.10. The molecule has 0 bridgehead atoms. The second kappa shape index (κ2) is 9.85. The lowest BCUT2D eigenvalue weighted by Gasteiger charge is -2.27. The Hall–Kier alpha value is -2.17. The van der Waals surface area contributed by atoms with E-state index in [-0.39, 0.29) is 11.9 Å². The summed E-state index contributed by atoms with van der Waals surface area (Å²) >= 11 is 0. The monoisotopic (exact) mass is 380 g/mol. The summed E-state index contributed by atoms with van der Waals surface area (Å²) in [4.78, 5) is 18.4. The molecule has 1 amide bonds. The van der Waals surface area contributed by atoms with Crippen LogP contribution in [0, 0.1) is 13.8 Å². The van der Waals surface area contributed by atoms with Crippen LogP contribution in [0.3, 0.4) is 0 Å². The Morgan fingerprint density at radius 1 is 1.14 bits per heavy atom. The highest BCUT2D eigenvalue weighted by molar-refractivity contribution is 5.83. The first-order valence-electron chi connectivity index (χ1n) is 10.3. The average molecular weight is 381 g/mol. The molecule has 0 saturated carbocycles. The largest absolute Gasteiger partial charge is 0.355 e. The molecule has 1 aliphatic heterocycles. The summed E-state index contributed by atoms with van der Waals surface area (Å²) in [6.45, 7) is 8.46. The Kier molecular flexibility index (Phi) is 7.24. The summed E-state index contributed by atoms with van der Waals surface area (Å²) in [6, 6.07) is 16.9. The summed E-state index contributed by atoms with van der Waals surface area (Å²) in [7, 11) is 0. The number of hydrogen-bond acceptors (Lipinski definition) is 3. The van der Waals surface area contributed by atoms with Crippen LogP contribution >= 0.6 is 0 Å². The molecule has 0 spiro atoms. The Bertz CT molecular complexity index is 755. The molecule has 1 aliphatic rings. The number of aryl methyl sites for hydroxylation is 2. The third kappa shape index (κ3) is 5.66. The van der Waals surface area contributed by atoms with E-state index in [1.807, 2.05) is 5.06 Å². The quantitative estimate of drug-likeness (QED) is 0.514. The van der Waals surface area contributed by atoms with Crippen molar-refractivity contribution in [3.05, 3.63) is 70.8 Å². The van der Waals surface area contributed by atoms with Crippen LogP contribution in [0.1, 0.15) is 54.4 Å². The molecule has 2 aromatic carbocycles. The number of benzene rings is 2. The summed E-state index contributed by atoms with van der Waals surface area (Å²) in [5, 5.41) is 4.82. The van der Waals surface area contributed by atoms with Gasteiger partial charge in [-0.3, -0.25) is 9.63 Å². The van der Waals surface area contributed by atoms with Crippen LogP contribution in [0.25, 0.3) is 0 Å². The molecule has 4 nitrogen and oxygen atoms in total. The van der Waals surface area contributed by atoms with Gasteiger partial charge in [0.1, 0.15) is 6.04 Å². The molecule has 2 aromatic rings. The van der Waals surface area contributed by atoms with Crippen molar-refractivity contribution >= 4 is 5.91 Å². The zero-order valence-corrected chi connectivity index (χ0v) is 17.3. The molecule has 150 valence electrons. The molecule has 0 aromatic heterocycles. The number of amides is 1. The van der Waals surface area contributed by atoms with E-state index in [2.05, 4.69) is 74.6 Å². The number of carbonyl (C=O) groups is 1. The Labute approximate surface area is 168 Å². The van der Waals surface area contributed by atoms with Crippen molar-refractivity contribution in [2.75, 3.05) is 13.2 Å². The summed E-state index contributed by atoms with van der Waals surface area (Å²) in [5.74, 6) is 0.578. The first-order chi connectivity index (χ1) is 13.5. The van der Waals surface area contributed by atoms with Crippen LogP contribution < -0.4 is 5.32 Å². The molecular weight excluding hydrogens is 348 g/mol. The lowest BCUT2D eigenvalue weighted by atomic mass is 9.97. The maximum absolute atomic E-state index is 12.2. The fourth-order valence-corrected chi connectivity index (χ4v) is 3.96. The molecule has 1 heterocycles. The fourth-order valence-electron chi connectivity index (χ4n) is 3.96. The standard InChI is InChI=1S/C24H32N2O2/c1-18-14-19(2)16-21(15-18)17-26(23-11-12-25-24(23)27)28-13-7-8-20(3)22-9-5-4-6-10-22/h4-6,9-10,14-16,20,23H,7-8,11-13,17H2,1-3H3,(H,25,27). The molecule has 28 heavy (non-hydrogen) atoms. The molecule has 4 heteroatoms. The van der Waals surface area contributed by atoms with E-state index in [1.165, 1.54) is 22.3 Å². The highest BCUT2D eigenvalue weighted by Gasteiger charge is 2.31. The van der Waals surface area contributed by atoms with Crippen LogP contribution in [-0.4, -0.2) is 30.2 Å². The van der Waals surface area contributed by atoms with Gasteiger partial charge >= 0.3 is 0 Å². The minimum atomic E-state index is -0.202. The van der Waals surface area contributed by atoms with Gasteiger partial charge in [0.2, 0.25) is 5.91 Å². The van der Waals surface area contributed by atoms with Crippen molar-refractivity contribution < 1.29 is 9.63 Å². The molecule has 2 unspecified atom stereocenters. The van der Waals surface area contributed by atoms with Gasteiger partial charge in [0.25, 0.3) is 0 Å². The van der Waals surface area contributed by atoms with Gasteiger partial charge in [0, 0.05) is 6.54 Å². The lowest BCUT2D eigenvalue weighted by molar-refractivity contribution is -0.194. The lowest BCUT2D eigenvalue weighted by Crippen LogP contribution is -2.40. The Morgan fingerprint density at radius 2 is 1.86 bits per heavy atom. The van der Waals surface area contributed by atoms with Crippen molar-refractivity contribution in [3.63, 3.8) is 0 Å². The van der Waals surface area contributed by atoms with Crippen molar-refractivity contribution in [1.29, 1.82) is 0 Å². The normalized spacial score (nSPS) is 17.7. The van der Waals surface area contributed by atoms with Crippen LogP contribution in [0.5, 0.6) is 0 Å². The maximum atomic E-state index is 12.2. The van der Waals surface area contributed by atoms with Crippen molar-refractivity contribution in [3.8, 4) is 0 Å². The molecule has 3 rings (SSSR count). The third-order valence-electron chi connectivity index (χ3n) is 5.39. The molecule has 1 N–H and O–H groups in total. The number of hydroxylamine groups is 2. The van der Waals surface area contributed by atoms with Gasteiger partial charge in [0.05, 0.1) is 13.2 Å². The maximum Gasteiger partial charge on any atom is 0.239 e. The Morgan fingerprint density at radius 3 is 2.50 bits per heavy atom. The number of rotatable bonds is 9. The zero-order valence-electron chi connectivity index (χ0n) is 17.3. The van der Waals surface area contributed by atoms with Crippen molar-refractivity contribution in [2.24, 2.45) is 0 Å². The molecule has 2 atom stereocenters. The number of nitrogens with zero attached hydrogens (tertiary/aromatic N) is 1. The van der Waals surface area contributed by atoms with E-state index < -0.39 is 0 Å². The van der Waals surface area contributed by atoms with Crippen molar-refractivity contribution in [1.82, 2.24) is 10.4 Å². The number of carbonyl (C=O) groups excluding carboxylic acids is 1. The minimum absolute atomic E-state index is 0.0713. The van der Waals surface area contributed by atoms with Gasteiger partial charge in [-0.15, -0.1) is 0 Å². The van der Waals surface area contributed by atoms with Gasteiger partial charge in [-0.25, -0.2) is 0 Å². The Balaban J connectivity index is 1.57. The third-order valence-corrected chi connectivity index (χ3v) is 5.39. The molecule has 0 radical (unpaired) electrons. The van der Waals surface area contributed by atoms with Gasteiger partial charge in [-0.1, -0.05) is 66.6 Å². The molecule has 1 saturated heterocycles. The summed E-state index contributed by atoms with van der Waals surface area (Å²) < 4.78 is 0. The molecular formula is C24H32N2O2. The van der Waals surface area contributed by atoms with Gasteiger partial charge in [-0.2, -0.15) is 5.06 Å². The first-order valence-corrected chi connectivity index (χ1v) is 10.3. The predicted octanol–water partition coefficient (Wildman–Crippen LogP) is 4.51. The number of hydrogen-bond donors (Lipinski definition) is 1. The molecule has 1 fully saturated rings. The second-order valence-electron chi connectivity index (χ2n) is 7.95. The van der Waals surface area contributed by atoms with Gasteiger partial charge < -0.3 is 5.32 Å². The predicted molar refractivity (Wildman–Crippen MR) is 113 cm³/mol. The minimum Gasteiger partial charge on any atom is -0.355 e. The van der Waals surface area contributed by atoms with E-state index in [0.29, 0.717) is 19.1 Å². The SMILES string of the molecule is Cc1cc(C)cc(CN(OCCCC(C)c2ccccc2)C2CCNC2=O)c1. The van der Waals surface area contributed by atoms with Crippen molar-refractivity contribution in [2.45, 2.75) is 58.5 Å². The fraction of sp³-hybridized carbons (Fsp3) is 0.458. The summed E-state index contributed by atoms with van der Waals surface area (Å²) in [5.41, 5.74) is 5.03. The first kappa shape index (κ1) is 20.6. The zero-order chi connectivity index (χ0) is 19.9. The smallest absolute Gasteiger partial charge is 0.239 e. The number of nitrogens with one attached hydrogen (secondary N) is 1. The van der Waals surface area contributed by atoms with Crippen LogP contribution in [0.4, 0.5) is 0 Å². The van der Waals surface area contributed by atoms with Crippen LogP contribution in [0.15, 0.2) is 48.5 Å². The van der Waals surface area contributed by atoms with E-state index in [1.54, 1.807) is 0 Å². The molecule has 0 aliphatic carbocycles. The highest BCUT2D eigenvalue weighted by Crippen LogP contribution is 2.21. The van der Waals surface area contributed by atoms with E-state index in [0.717, 1.165) is 25.8 Å².